The predicted octanol–water partition coefficient (Wildman–Crippen LogP) is 3.74. The maximum absolute atomic E-state index is 6.03. The molecule has 0 atom stereocenters. The number of nitrogens with zero attached hydrogens (tertiary/aromatic N) is 2. The molecule has 1 N–H and O–H groups in total. The Morgan fingerprint density at radius 2 is 2.18 bits per heavy atom. The van der Waals surface area contributed by atoms with Crippen LogP contribution in [0.4, 0.5) is 5.69 Å². The van der Waals surface area contributed by atoms with Gasteiger partial charge < -0.3 is 5.32 Å². The Balaban J connectivity index is 2.18. The summed E-state index contributed by atoms with van der Waals surface area (Å²) in [7, 11) is 0. The normalized spacial score (nSPS) is 10.3. The molecule has 2 rings (SSSR count). The molecule has 0 aliphatic rings. The van der Waals surface area contributed by atoms with Crippen molar-refractivity contribution in [1.82, 2.24) is 9.78 Å². The molecule has 0 unspecified atom stereocenters. The van der Waals surface area contributed by atoms with Gasteiger partial charge in [0.2, 0.25) is 0 Å². The fraction of sp³-hybridized carbons (Fsp3) is 0.0909. The molecule has 0 aliphatic heterocycles. The van der Waals surface area contributed by atoms with Gasteiger partial charge in [0.1, 0.15) is 0 Å². The molecular weight excluding hydrogens is 277 g/mol. The molecule has 1 aromatic carbocycles. The minimum atomic E-state index is 0.460. The highest BCUT2D eigenvalue weighted by Crippen LogP contribution is 2.25. The maximum Gasteiger partial charge on any atom is 0.198 e. The molecule has 0 saturated heterocycles. The van der Waals surface area contributed by atoms with E-state index in [4.69, 9.17) is 35.4 Å². The number of aryl methyl sites for hydroxylation is 1. The zero-order valence-corrected chi connectivity index (χ0v) is 11.3. The van der Waals surface area contributed by atoms with Crippen LogP contribution in [0.1, 0.15) is 5.56 Å². The van der Waals surface area contributed by atoms with Gasteiger partial charge in [0, 0.05) is 11.2 Å². The number of anilines is 1. The van der Waals surface area contributed by atoms with Crippen molar-refractivity contribution in [3.05, 3.63) is 46.2 Å². The van der Waals surface area contributed by atoms with Crippen LogP contribution in [0.2, 0.25) is 10.0 Å². The second-order valence-corrected chi connectivity index (χ2v) is 4.75. The van der Waals surface area contributed by atoms with Crippen LogP contribution in [0.25, 0.3) is 0 Å². The van der Waals surface area contributed by atoms with Crippen LogP contribution in [-0.4, -0.2) is 14.9 Å². The standard InChI is InChI=1S/C11H9Cl2N3S/c1-7-5-14-16(6-7)11(17)15-10-3-2-8(12)4-9(10)13/h2-6H,1H3,(H,15,17). The summed E-state index contributed by atoms with van der Waals surface area (Å²) < 4.78 is 1.58. The first kappa shape index (κ1) is 12.4. The average Bonchev–Trinajstić information content (AvgIpc) is 2.69. The van der Waals surface area contributed by atoms with Crippen LogP contribution in [0, 0.1) is 6.92 Å². The topological polar surface area (TPSA) is 29.9 Å². The number of rotatable bonds is 1. The van der Waals surface area contributed by atoms with Crippen LogP contribution in [0.5, 0.6) is 0 Å². The van der Waals surface area contributed by atoms with Crippen molar-refractivity contribution in [2.24, 2.45) is 0 Å². The van der Waals surface area contributed by atoms with Crippen molar-refractivity contribution >= 4 is 46.2 Å². The predicted molar refractivity (Wildman–Crippen MR) is 75.0 cm³/mol. The number of hydrogen-bond donors (Lipinski definition) is 1. The summed E-state index contributed by atoms with van der Waals surface area (Å²) in [6, 6.07) is 5.17. The summed E-state index contributed by atoms with van der Waals surface area (Å²) >= 11 is 17.0. The first-order valence-corrected chi connectivity index (χ1v) is 6.00. The van der Waals surface area contributed by atoms with Gasteiger partial charge in [0.25, 0.3) is 0 Å². The lowest BCUT2D eigenvalue weighted by Gasteiger charge is -2.09. The smallest absolute Gasteiger partial charge is 0.198 e. The third-order valence-corrected chi connectivity index (χ3v) is 2.93. The highest BCUT2D eigenvalue weighted by molar-refractivity contribution is 7.80. The van der Waals surface area contributed by atoms with Crippen LogP contribution >= 0.6 is 35.4 Å². The molecule has 3 nitrogen and oxygen atoms in total. The lowest BCUT2D eigenvalue weighted by Crippen LogP contribution is -2.19. The van der Waals surface area contributed by atoms with Crippen LogP contribution in [0.3, 0.4) is 0 Å². The molecule has 0 aliphatic carbocycles. The van der Waals surface area contributed by atoms with E-state index >= 15 is 0 Å². The van der Waals surface area contributed by atoms with Crippen molar-refractivity contribution in [1.29, 1.82) is 0 Å². The van der Waals surface area contributed by atoms with E-state index in [0.29, 0.717) is 20.8 Å². The highest BCUT2D eigenvalue weighted by Gasteiger charge is 2.05. The van der Waals surface area contributed by atoms with Gasteiger partial charge in [-0.1, -0.05) is 23.2 Å². The maximum atomic E-state index is 6.03. The Morgan fingerprint density at radius 3 is 2.76 bits per heavy atom. The minimum absolute atomic E-state index is 0.460. The molecule has 0 radical (unpaired) electrons. The molecule has 2 aromatic rings. The molecule has 6 heteroatoms. The Labute approximate surface area is 114 Å². The number of halogens is 2. The molecule has 0 fully saturated rings. The molecule has 0 spiro atoms. The average molecular weight is 286 g/mol. The van der Waals surface area contributed by atoms with Crippen molar-refractivity contribution in [2.75, 3.05) is 5.32 Å². The summed E-state index contributed by atoms with van der Waals surface area (Å²) in [5.74, 6) is 0. The van der Waals surface area contributed by atoms with Gasteiger partial charge in [-0.3, -0.25) is 0 Å². The van der Waals surface area contributed by atoms with Gasteiger partial charge >= 0.3 is 0 Å². The molecule has 1 aromatic heterocycles. The zero-order chi connectivity index (χ0) is 12.4. The van der Waals surface area contributed by atoms with E-state index in [1.165, 1.54) is 0 Å². The van der Waals surface area contributed by atoms with E-state index in [1.54, 1.807) is 29.1 Å². The van der Waals surface area contributed by atoms with Crippen molar-refractivity contribution in [3.63, 3.8) is 0 Å². The van der Waals surface area contributed by atoms with E-state index in [2.05, 4.69) is 10.4 Å². The highest BCUT2D eigenvalue weighted by atomic mass is 35.5. The second-order valence-electron chi connectivity index (χ2n) is 3.52. The number of thiocarbonyl (C=S) groups is 1. The third-order valence-electron chi connectivity index (χ3n) is 2.09. The Morgan fingerprint density at radius 1 is 1.41 bits per heavy atom. The van der Waals surface area contributed by atoms with Crippen molar-refractivity contribution < 1.29 is 0 Å². The quantitative estimate of drug-likeness (QED) is 0.810. The van der Waals surface area contributed by atoms with E-state index in [9.17, 15) is 0 Å². The van der Waals surface area contributed by atoms with Crippen LogP contribution in [0.15, 0.2) is 30.6 Å². The summed E-state index contributed by atoms with van der Waals surface area (Å²) in [6.45, 7) is 1.95. The van der Waals surface area contributed by atoms with Crippen LogP contribution < -0.4 is 5.32 Å². The molecule has 0 bridgehead atoms. The molecular formula is C11H9Cl2N3S. The first-order valence-electron chi connectivity index (χ1n) is 4.84. The first-order chi connectivity index (χ1) is 8.06. The van der Waals surface area contributed by atoms with Gasteiger partial charge in [-0.15, -0.1) is 0 Å². The number of hydrogen-bond acceptors (Lipinski definition) is 2. The van der Waals surface area contributed by atoms with E-state index in [1.807, 2.05) is 13.1 Å². The Bertz CT molecular complexity index is 566. The third kappa shape index (κ3) is 2.97. The Hall–Kier alpha value is -1.10. The van der Waals surface area contributed by atoms with Crippen molar-refractivity contribution in [2.45, 2.75) is 6.92 Å². The number of nitrogens with one attached hydrogen (secondary N) is 1. The van der Waals surface area contributed by atoms with Gasteiger partial charge in [-0.2, -0.15) is 5.10 Å². The molecule has 0 saturated carbocycles. The van der Waals surface area contributed by atoms with Gasteiger partial charge in [0.15, 0.2) is 5.11 Å². The zero-order valence-electron chi connectivity index (χ0n) is 8.95. The van der Waals surface area contributed by atoms with E-state index in [0.717, 1.165) is 5.56 Å². The summed E-state index contributed by atoms with van der Waals surface area (Å²) in [6.07, 6.45) is 3.57. The van der Waals surface area contributed by atoms with E-state index < -0.39 is 0 Å². The number of benzene rings is 1. The Kier molecular flexibility index (Phi) is 3.66. The van der Waals surface area contributed by atoms with Gasteiger partial charge in [-0.25, -0.2) is 4.68 Å². The summed E-state index contributed by atoms with van der Waals surface area (Å²) in [5, 5.41) is 8.67. The fourth-order valence-electron chi connectivity index (χ4n) is 1.29. The van der Waals surface area contributed by atoms with Gasteiger partial charge in [-0.05, 0) is 42.9 Å². The van der Waals surface area contributed by atoms with Gasteiger partial charge in [0.05, 0.1) is 16.9 Å². The van der Waals surface area contributed by atoms with E-state index in [-0.39, 0.29) is 0 Å². The molecule has 1 heterocycles. The molecule has 17 heavy (non-hydrogen) atoms. The number of aromatic nitrogens is 2. The fourth-order valence-corrected chi connectivity index (χ4v) is 1.95. The summed E-state index contributed by atoms with van der Waals surface area (Å²) in [4.78, 5) is 0. The second kappa shape index (κ2) is 5.04. The summed E-state index contributed by atoms with van der Waals surface area (Å²) in [5.41, 5.74) is 1.74. The lowest BCUT2D eigenvalue weighted by molar-refractivity contribution is 0.947. The SMILES string of the molecule is Cc1cnn(C(=S)Nc2ccc(Cl)cc2Cl)c1. The molecule has 88 valence electrons. The minimum Gasteiger partial charge on any atom is -0.330 e. The largest absolute Gasteiger partial charge is 0.330 e. The van der Waals surface area contributed by atoms with Crippen molar-refractivity contribution in [3.8, 4) is 0 Å². The monoisotopic (exact) mass is 285 g/mol. The lowest BCUT2D eigenvalue weighted by atomic mass is 10.3. The molecule has 0 amide bonds. The van der Waals surface area contributed by atoms with Crippen LogP contribution in [-0.2, 0) is 0 Å².